The van der Waals surface area contributed by atoms with E-state index in [-0.39, 0.29) is 30.1 Å². The Kier molecular flexibility index (Phi) is 3.78. The fourth-order valence-electron chi connectivity index (χ4n) is 2.99. The predicted octanol–water partition coefficient (Wildman–Crippen LogP) is 2.39. The second-order valence-corrected chi connectivity index (χ2v) is 5.61. The SMILES string of the molecule is C=C(C)C(=O)OC1CC2CCC1C2OC(=O)C(=C)C. The van der Waals surface area contributed by atoms with Gasteiger partial charge in [-0.05, 0) is 39.0 Å². The van der Waals surface area contributed by atoms with Crippen molar-refractivity contribution in [3.05, 3.63) is 24.3 Å². The van der Waals surface area contributed by atoms with Gasteiger partial charge in [-0.15, -0.1) is 0 Å². The van der Waals surface area contributed by atoms with Crippen LogP contribution in [0.5, 0.6) is 0 Å². The molecule has 0 radical (unpaired) electrons. The number of hydrogen-bond acceptors (Lipinski definition) is 4. The molecular weight excluding hydrogens is 244 g/mol. The highest BCUT2D eigenvalue weighted by molar-refractivity contribution is 5.87. The fourth-order valence-corrected chi connectivity index (χ4v) is 2.99. The van der Waals surface area contributed by atoms with Crippen LogP contribution in [-0.4, -0.2) is 24.1 Å². The van der Waals surface area contributed by atoms with Crippen molar-refractivity contribution in [3.8, 4) is 0 Å². The highest BCUT2D eigenvalue weighted by Gasteiger charge is 2.52. The largest absolute Gasteiger partial charge is 0.459 e. The number of esters is 2. The molecule has 4 heteroatoms. The molecule has 2 rings (SSSR count). The quantitative estimate of drug-likeness (QED) is 0.578. The minimum Gasteiger partial charge on any atom is -0.459 e. The van der Waals surface area contributed by atoms with Crippen LogP contribution in [0.4, 0.5) is 0 Å². The lowest BCUT2D eigenvalue weighted by atomic mass is 9.98. The summed E-state index contributed by atoms with van der Waals surface area (Å²) in [6, 6.07) is 0. The van der Waals surface area contributed by atoms with Gasteiger partial charge in [0, 0.05) is 17.1 Å². The van der Waals surface area contributed by atoms with E-state index in [2.05, 4.69) is 13.2 Å². The van der Waals surface area contributed by atoms with Crippen molar-refractivity contribution in [3.63, 3.8) is 0 Å². The van der Waals surface area contributed by atoms with Gasteiger partial charge in [-0.25, -0.2) is 9.59 Å². The minimum atomic E-state index is -0.359. The lowest BCUT2D eigenvalue weighted by Gasteiger charge is -2.22. The summed E-state index contributed by atoms with van der Waals surface area (Å²) >= 11 is 0. The number of carbonyl (C=O) groups excluding carboxylic acids is 2. The Morgan fingerprint density at radius 2 is 1.58 bits per heavy atom. The number of hydrogen-bond donors (Lipinski definition) is 0. The van der Waals surface area contributed by atoms with Gasteiger partial charge >= 0.3 is 11.9 Å². The van der Waals surface area contributed by atoms with Crippen molar-refractivity contribution >= 4 is 11.9 Å². The van der Waals surface area contributed by atoms with Gasteiger partial charge in [-0.2, -0.15) is 0 Å². The van der Waals surface area contributed by atoms with Crippen LogP contribution < -0.4 is 0 Å². The van der Waals surface area contributed by atoms with Crippen molar-refractivity contribution in [2.45, 2.75) is 45.3 Å². The number of carbonyl (C=O) groups is 2. The van der Waals surface area contributed by atoms with E-state index in [4.69, 9.17) is 9.47 Å². The summed E-state index contributed by atoms with van der Waals surface area (Å²) in [5.41, 5.74) is 0.806. The van der Waals surface area contributed by atoms with Crippen molar-refractivity contribution < 1.29 is 19.1 Å². The number of fused-ring (bicyclic) bond motifs is 2. The molecule has 0 amide bonds. The molecule has 2 fully saturated rings. The first kappa shape index (κ1) is 13.8. The van der Waals surface area contributed by atoms with Crippen LogP contribution in [0.1, 0.15) is 33.1 Å². The molecule has 2 saturated carbocycles. The van der Waals surface area contributed by atoms with E-state index in [1.807, 2.05) is 0 Å². The van der Waals surface area contributed by atoms with Crippen LogP contribution in [0.2, 0.25) is 0 Å². The average molecular weight is 264 g/mol. The van der Waals surface area contributed by atoms with E-state index >= 15 is 0 Å². The van der Waals surface area contributed by atoms with Crippen molar-refractivity contribution in [2.24, 2.45) is 11.8 Å². The average Bonchev–Trinajstić information content (AvgIpc) is 2.85. The Bertz CT molecular complexity index is 437. The molecule has 0 aliphatic heterocycles. The van der Waals surface area contributed by atoms with E-state index in [9.17, 15) is 9.59 Å². The maximum atomic E-state index is 11.6. The Labute approximate surface area is 113 Å². The Balaban J connectivity index is 1.98. The van der Waals surface area contributed by atoms with E-state index < -0.39 is 0 Å². The van der Waals surface area contributed by atoms with E-state index in [0.29, 0.717) is 17.1 Å². The molecule has 4 unspecified atom stereocenters. The van der Waals surface area contributed by atoms with Gasteiger partial charge in [0.1, 0.15) is 12.2 Å². The van der Waals surface area contributed by atoms with Crippen molar-refractivity contribution in [1.82, 2.24) is 0 Å². The summed E-state index contributed by atoms with van der Waals surface area (Å²) in [5.74, 6) is -0.288. The molecule has 2 aliphatic carbocycles. The smallest absolute Gasteiger partial charge is 0.333 e. The Morgan fingerprint density at radius 1 is 1.00 bits per heavy atom. The molecule has 0 saturated heterocycles. The summed E-state index contributed by atoms with van der Waals surface area (Å²) in [6.45, 7) is 10.4. The lowest BCUT2D eigenvalue weighted by Crippen LogP contribution is -2.29. The van der Waals surface area contributed by atoms with Crippen molar-refractivity contribution in [2.75, 3.05) is 0 Å². The van der Waals surface area contributed by atoms with Crippen LogP contribution in [-0.2, 0) is 19.1 Å². The predicted molar refractivity (Wildman–Crippen MR) is 70.2 cm³/mol. The molecular formula is C15H20O4. The van der Waals surface area contributed by atoms with Gasteiger partial charge in [0.05, 0.1) is 0 Å². The van der Waals surface area contributed by atoms with Crippen LogP contribution in [0.15, 0.2) is 24.3 Å². The van der Waals surface area contributed by atoms with Crippen molar-refractivity contribution in [1.29, 1.82) is 0 Å². The Morgan fingerprint density at radius 3 is 2.16 bits per heavy atom. The summed E-state index contributed by atoms with van der Waals surface area (Å²) in [6.07, 6.45) is 2.46. The molecule has 2 bridgehead atoms. The Hall–Kier alpha value is -1.58. The molecule has 0 heterocycles. The molecule has 4 atom stereocenters. The fraction of sp³-hybridized carbons (Fsp3) is 0.600. The normalized spacial score (nSPS) is 31.9. The third-order valence-electron chi connectivity index (χ3n) is 3.97. The lowest BCUT2D eigenvalue weighted by molar-refractivity contribution is -0.150. The number of ether oxygens (including phenoxy) is 2. The maximum Gasteiger partial charge on any atom is 0.333 e. The van der Waals surface area contributed by atoms with Gasteiger partial charge in [-0.3, -0.25) is 0 Å². The monoisotopic (exact) mass is 264 g/mol. The molecule has 0 N–H and O–H groups in total. The molecule has 4 nitrogen and oxygen atoms in total. The molecule has 104 valence electrons. The first-order valence-electron chi connectivity index (χ1n) is 6.63. The van der Waals surface area contributed by atoms with E-state index in [1.54, 1.807) is 13.8 Å². The first-order chi connectivity index (χ1) is 8.90. The third kappa shape index (κ3) is 2.72. The zero-order valence-electron chi connectivity index (χ0n) is 11.5. The zero-order valence-corrected chi connectivity index (χ0v) is 11.5. The van der Waals surface area contributed by atoms with Gasteiger partial charge in [0.15, 0.2) is 0 Å². The number of rotatable bonds is 4. The molecule has 19 heavy (non-hydrogen) atoms. The van der Waals surface area contributed by atoms with E-state index in [0.717, 1.165) is 19.3 Å². The van der Waals surface area contributed by atoms with Gasteiger partial charge in [-0.1, -0.05) is 13.2 Å². The van der Waals surface area contributed by atoms with Gasteiger partial charge in [0.2, 0.25) is 0 Å². The summed E-state index contributed by atoms with van der Waals surface area (Å²) in [4.78, 5) is 23.2. The molecule has 0 aromatic rings. The highest BCUT2D eigenvalue weighted by Crippen LogP contribution is 2.48. The van der Waals surface area contributed by atoms with Crippen LogP contribution >= 0.6 is 0 Å². The molecule has 2 aliphatic rings. The van der Waals surface area contributed by atoms with Gasteiger partial charge < -0.3 is 9.47 Å². The highest BCUT2D eigenvalue weighted by atomic mass is 16.6. The zero-order chi connectivity index (χ0) is 14.2. The summed E-state index contributed by atoms with van der Waals surface area (Å²) < 4.78 is 10.9. The van der Waals surface area contributed by atoms with Crippen LogP contribution in [0.25, 0.3) is 0 Å². The van der Waals surface area contributed by atoms with Crippen LogP contribution in [0, 0.1) is 11.8 Å². The standard InChI is InChI=1S/C15H20O4/c1-8(2)14(16)18-12-7-10-5-6-11(12)13(10)19-15(17)9(3)4/h10-13H,1,3,5-7H2,2,4H3. The summed E-state index contributed by atoms with van der Waals surface area (Å²) in [7, 11) is 0. The molecule has 0 aromatic heterocycles. The summed E-state index contributed by atoms with van der Waals surface area (Å²) in [5, 5.41) is 0. The second-order valence-electron chi connectivity index (χ2n) is 5.61. The topological polar surface area (TPSA) is 52.6 Å². The third-order valence-corrected chi connectivity index (χ3v) is 3.97. The second kappa shape index (κ2) is 5.19. The maximum absolute atomic E-state index is 11.6. The van der Waals surface area contributed by atoms with E-state index in [1.165, 1.54) is 0 Å². The van der Waals surface area contributed by atoms with Crippen LogP contribution in [0.3, 0.4) is 0 Å². The molecule has 0 aromatic carbocycles. The minimum absolute atomic E-state index is 0.122. The van der Waals surface area contributed by atoms with Gasteiger partial charge in [0.25, 0.3) is 0 Å². The molecule has 0 spiro atoms. The first-order valence-corrected chi connectivity index (χ1v) is 6.63.